The maximum Gasteiger partial charge on any atom is 0.232 e. The number of carbonyl (C=O) groups is 1. The van der Waals surface area contributed by atoms with E-state index in [2.05, 4.69) is 58.6 Å². The van der Waals surface area contributed by atoms with Crippen molar-refractivity contribution >= 4 is 29.2 Å². The Morgan fingerprint density at radius 3 is 2.51 bits per heavy atom. The molecule has 4 aromatic rings. The average molecular weight is 469 g/mol. The van der Waals surface area contributed by atoms with Gasteiger partial charge in [-0.05, 0) is 43.0 Å². The summed E-state index contributed by atoms with van der Waals surface area (Å²) in [7, 11) is 0. The van der Waals surface area contributed by atoms with E-state index in [1.165, 1.54) is 18.8 Å². The van der Waals surface area contributed by atoms with Gasteiger partial charge in [-0.1, -0.05) is 36.4 Å². The summed E-state index contributed by atoms with van der Waals surface area (Å²) in [6, 6.07) is 16.4. The van der Waals surface area contributed by atoms with Crippen LogP contribution in [0.4, 0.5) is 23.3 Å². The number of anilines is 4. The molecule has 2 aromatic carbocycles. The fourth-order valence-electron chi connectivity index (χ4n) is 4.36. The van der Waals surface area contributed by atoms with E-state index in [0.717, 1.165) is 48.4 Å². The predicted molar refractivity (Wildman–Crippen MR) is 137 cm³/mol. The van der Waals surface area contributed by atoms with Gasteiger partial charge in [0.2, 0.25) is 17.8 Å². The number of amides is 1. The number of nitrogens with one attached hydrogen (secondary N) is 2. The van der Waals surface area contributed by atoms with E-state index in [9.17, 15) is 4.79 Å². The molecule has 0 atom stereocenters. The number of hydrogen-bond donors (Lipinski definition) is 2. The third-order valence-corrected chi connectivity index (χ3v) is 6.28. The largest absolute Gasteiger partial charge is 0.341 e. The van der Waals surface area contributed by atoms with Crippen LogP contribution in [0.25, 0.3) is 11.1 Å². The molecule has 0 radical (unpaired) electrons. The molecule has 1 saturated heterocycles. The van der Waals surface area contributed by atoms with E-state index in [4.69, 9.17) is 0 Å². The Morgan fingerprint density at radius 2 is 1.74 bits per heavy atom. The van der Waals surface area contributed by atoms with Crippen LogP contribution in [0.15, 0.2) is 67.3 Å². The highest BCUT2D eigenvalue weighted by Crippen LogP contribution is 2.28. The summed E-state index contributed by atoms with van der Waals surface area (Å²) in [5, 5.41) is 10.7. The van der Waals surface area contributed by atoms with Gasteiger partial charge in [-0.3, -0.25) is 9.48 Å². The van der Waals surface area contributed by atoms with Crippen molar-refractivity contribution < 1.29 is 4.79 Å². The maximum atomic E-state index is 11.5. The molecule has 0 saturated carbocycles. The molecule has 2 aromatic heterocycles. The lowest BCUT2D eigenvalue weighted by molar-refractivity contribution is -0.114. The fourth-order valence-corrected chi connectivity index (χ4v) is 4.36. The summed E-state index contributed by atoms with van der Waals surface area (Å²) >= 11 is 0. The van der Waals surface area contributed by atoms with Crippen molar-refractivity contribution in [3.05, 3.63) is 72.8 Å². The highest BCUT2D eigenvalue weighted by Gasteiger charge is 2.23. The minimum Gasteiger partial charge on any atom is -0.341 e. The quantitative estimate of drug-likeness (QED) is 0.427. The summed E-state index contributed by atoms with van der Waals surface area (Å²) in [5.41, 5.74) is 4.82. The number of aromatic nitrogens is 5. The van der Waals surface area contributed by atoms with Gasteiger partial charge in [0.1, 0.15) is 6.33 Å². The van der Waals surface area contributed by atoms with Gasteiger partial charge in [-0.15, -0.1) is 0 Å². The van der Waals surface area contributed by atoms with Crippen molar-refractivity contribution in [1.29, 1.82) is 0 Å². The number of piperidine rings is 1. The van der Waals surface area contributed by atoms with Crippen LogP contribution in [0.1, 0.15) is 31.4 Å². The summed E-state index contributed by atoms with van der Waals surface area (Å²) in [6.45, 7) is 5.12. The standard InChI is InChI=1S/C26H28N8O/c1-18-23(30-19(2)35)9-6-10-24(18)31-25-27-17-28-26(32-25)33-13-11-22(12-14-33)34-16-21(15-29-34)20-7-4-3-5-8-20/h3-10,15-17,22H,11-14H2,1-2H3,(H,30,35)(H,27,28,31,32). The van der Waals surface area contributed by atoms with E-state index >= 15 is 0 Å². The first-order valence-corrected chi connectivity index (χ1v) is 11.7. The average Bonchev–Trinajstić information content (AvgIpc) is 3.38. The molecule has 0 bridgehead atoms. The molecule has 1 fully saturated rings. The summed E-state index contributed by atoms with van der Waals surface area (Å²) in [5.74, 6) is 1.02. The zero-order chi connectivity index (χ0) is 24.2. The van der Waals surface area contributed by atoms with Crippen molar-refractivity contribution in [2.24, 2.45) is 0 Å². The molecule has 35 heavy (non-hydrogen) atoms. The Labute approximate surface area is 204 Å². The molecule has 0 unspecified atom stereocenters. The van der Waals surface area contributed by atoms with E-state index in [1.807, 2.05) is 49.5 Å². The first-order valence-electron chi connectivity index (χ1n) is 11.7. The molecule has 9 nitrogen and oxygen atoms in total. The lowest BCUT2D eigenvalue weighted by Gasteiger charge is -2.32. The molecule has 5 rings (SSSR count). The molecular weight excluding hydrogens is 440 g/mol. The van der Waals surface area contributed by atoms with Crippen LogP contribution < -0.4 is 15.5 Å². The number of hydrogen-bond acceptors (Lipinski definition) is 7. The van der Waals surface area contributed by atoms with Gasteiger partial charge < -0.3 is 15.5 Å². The minimum absolute atomic E-state index is 0.109. The highest BCUT2D eigenvalue weighted by atomic mass is 16.1. The van der Waals surface area contributed by atoms with Crippen LogP contribution in [0.2, 0.25) is 0 Å². The first kappa shape index (κ1) is 22.5. The second-order valence-corrected chi connectivity index (χ2v) is 8.69. The summed E-state index contributed by atoms with van der Waals surface area (Å²) in [6.07, 6.45) is 7.53. The molecule has 178 valence electrons. The van der Waals surface area contributed by atoms with Crippen LogP contribution in [0, 0.1) is 6.92 Å². The Hall–Kier alpha value is -4.27. The van der Waals surface area contributed by atoms with E-state index in [1.54, 1.807) is 0 Å². The maximum absolute atomic E-state index is 11.5. The molecule has 3 heterocycles. The van der Waals surface area contributed by atoms with Gasteiger partial charge in [-0.2, -0.15) is 10.1 Å². The zero-order valence-electron chi connectivity index (χ0n) is 19.8. The second-order valence-electron chi connectivity index (χ2n) is 8.69. The van der Waals surface area contributed by atoms with Crippen molar-refractivity contribution in [2.75, 3.05) is 28.6 Å². The SMILES string of the molecule is CC(=O)Nc1cccc(Nc2ncnc(N3CCC(n4cc(-c5ccccc5)cn4)CC3)n2)c1C. The Kier molecular flexibility index (Phi) is 6.38. The fraction of sp³-hybridized carbons (Fsp3) is 0.269. The number of benzene rings is 2. The second kappa shape index (κ2) is 9.92. The third-order valence-electron chi connectivity index (χ3n) is 6.28. The zero-order valence-corrected chi connectivity index (χ0v) is 19.8. The third kappa shape index (κ3) is 5.13. The molecule has 1 amide bonds. The number of carbonyl (C=O) groups excluding carboxylic acids is 1. The van der Waals surface area contributed by atoms with Gasteiger partial charge in [0.25, 0.3) is 0 Å². The lowest BCUT2D eigenvalue weighted by atomic mass is 10.1. The molecule has 0 aliphatic carbocycles. The van der Waals surface area contributed by atoms with Crippen LogP contribution >= 0.6 is 0 Å². The summed E-state index contributed by atoms with van der Waals surface area (Å²) < 4.78 is 2.09. The highest BCUT2D eigenvalue weighted by molar-refractivity contribution is 5.90. The van der Waals surface area contributed by atoms with Crippen molar-refractivity contribution in [1.82, 2.24) is 24.7 Å². The summed E-state index contributed by atoms with van der Waals surface area (Å²) in [4.78, 5) is 27.0. The van der Waals surface area contributed by atoms with Crippen LogP contribution in [-0.2, 0) is 4.79 Å². The normalized spacial score (nSPS) is 14.1. The van der Waals surface area contributed by atoms with E-state index in [-0.39, 0.29) is 5.91 Å². The van der Waals surface area contributed by atoms with Gasteiger partial charge in [-0.25, -0.2) is 9.97 Å². The van der Waals surface area contributed by atoms with Gasteiger partial charge in [0.15, 0.2) is 0 Å². The first-order chi connectivity index (χ1) is 17.1. The van der Waals surface area contributed by atoms with Crippen molar-refractivity contribution in [3.63, 3.8) is 0 Å². The molecule has 0 spiro atoms. The van der Waals surface area contributed by atoms with Crippen LogP contribution in [0.5, 0.6) is 0 Å². The van der Waals surface area contributed by atoms with Crippen LogP contribution in [0.3, 0.4) is 0 Å². The Balaban J connectivity index is 1.24. The van der Waals surface area contributed by atoms with E-state index < -0.39 is 0 Å². The van der Waals surface area contributed by atoms with Gasteiger partial charge in [0.05, 0.1) is 12.2 Å². The number of nitrogens with zero attached hydrogens (tertiary/aromatic N) is 6. The number of rotatable bonds is 6. The molecular formula is C26H28N8O. The molecule has 2 N–H and O–H groups in total. The Morgan fingerprint density at radius 1 is 0.971 bits per heavy atom. The lowest BCUT2D eigenvalue weighted by Crippen LogP contribution is -2.36. The molecule has 1 aliphatic rings. The smallest absolute Gasteiger partial charge is 0.232 e. The van der Waals surface area contributed by atoms with Crippen molar-refractivity contribution in [3.8, 4) is 11.1 Å². The van der Waals surface area contributed by atoms with Gasteiger partial charge >= 0.3 is 0 Å². The Bertz CT molecular complexity index is 1310. The predicted octanol–water partition coefficient (Wildman–Crippen LogP) is 4.59. The molecule has 1 aliphatic heterocycles. The minimum atomic E-state index is -0.109. The van der Waals surface area contributed by atoms with Crippen molar-refractivity contribution in [2.45, 2.75) is 32.7 Å². The van der Waals surface area contributed by atoms with Crippen LogP contribution in [-0.4, -0.2) is 43.7 Å². The van der Waals surface area contributed by atoms with Gasteiger partial charge in [0, 0.05) is 43.1 Å². The monoisotopic (exact) mass is 468 g/mol. The molecule has 9 heteroatoms. The topological polar surface area (TPSA) is 101 Å². The van der Waals surface area contributed by atoms with E-state index in [0.29, 0.717) is 17.9 Å².